The maximum Gasteiger partial charge on any atom is 0.144 e. The zero-order valence-corrected chi connectivity index (χ0v) is 26.9. The number of para-hydroxylation sites is 2. The Balaban J connectivity index is 1.36. The summed E-state index contributed by atoms with van der Waals surface area (Å²) >= 11 is 0. The molecule has 1 aromatic heterocycles. The number of nitrogens with zero attached hydrogens (tertiary/aromatic N) is 2. The van der Waals surface area contributed by atoms with Gasteiger partial charge in [0.05, 0.1) is 16.7 Å². The van der Waals surface area contributed by atoms with E-state index in [1.54, 1.807) is 0 Å². The summed E-state index contributed by atoms with van der Waals surface area (Å²) in [7, 11) is 32.5. The Morgan fingerprint density at radius 2 is 0.860 bits per heavy atom. The van der Waals surface area contributed by atoms with E-state index in [-0.39, 0.29) is 27.3 Å². The molecule has 0 atom stereocenters. The van der Waals surface area contributed by atoms with E-state index in [4.69, 9.17) is 44.2 Å². The molecule has 0 N–H and O–H groups in total. The van der Waals surface area contributed by atoms with Crippen molar-refractivity contribution >= 4 is 110 Å². The minimum Gasteiger partial charge on any atom is -0.291 e. The smallest absolute Gasteiger partial charge is 0.144 e. The Bertz CT molecular complexity index is 2830. The zero-order valence-electron chi connectivity index (χ0n) is 26.9. The van der Waals surface area contributed by atoms with Crippen LogP contribution < -0.4 is 27.3 Å². The third kappa shape index (κ3) is 3.83. The average Bonchev–Trinajstić information content (AvgIpc) is 3.69. The molecule has 0 bridgehead atoms. The molecule has 1 heterocycles. The summed E-state index contributed by atoms with van der Waals surface area (Å²) in [6.45, 7) is 0. The van der Waals surface area contributed by atoms with E-state index in [2.05, 4.69) is 114 Å². The topological polar surface area (TPSA) is 17.8 Å². The molecule has 218 valence electrons. The molecule has 10 radical (unpaired) electrons. The highest BCUT2D eigenvalue weighted by atomic mass is 15.1. The Morgan fingerprint density at radius 3 is 1.52 bits per heavy atom. The highest BCUT2D eigenvalue weighted by Crippen LogP contribution is 2.51. The van der Waals surface area contributed by atoms with E-state index >= 15 is 0 Å². The van der Waals surface area contributed by atoms with Gasteiger partial charge in [-0.3, -0.25) is 4.57 Å². The summed E-state index contributed by atoms with van der Waals surface area (Å²) in [4.78, 5) is 5.13. The molecule has 9 aromatic rings. The van der Waals surface area contributed by atoms with Crippen LogP contribution in [-0.2, 0) is 0 Å². The molecule has 0 saturated heterocycles. The third-order valence-electron chi connectivity index (χ3n) is 10.4. The summed E-state index contributed by atoms with van der Waals surface area (Å²) in [5.41, 5.74) is 11.5. The molecule has 10 rings (SSSR count). The lowest BCUT2D eigenvalue weighted by atomic mass is 9.60. The van der Waals surface area contributed by atoms with Crippen molar-refractivity contribution in [3.8, 4) is 50.5 Å². The van der Waals surface area contributed by atoms with Gasteiger partial charge in [-0.2, -0.15) is 0 Å². The summed E-state index contributed by atoms with van der Waals surface area (Å²) < 4.78 is 2.14. The van der Waals surface area contributed by atoms with Crippen molar-refractivity contribution in [2.75, 3.05) is 0 Å². The number of rotatable bonds is 3. The van der Waals surface area contributed by atoms with Crippen LogP contribution in [0.2, 0.25) is 0 Å². The van der Waals surface area contributed by atoms with Gasteiger partial charge in [0.25, 0.3) is 0 Å². The van der Waals surface area contributed by atoms with Crippen LogP contribution >= 0.6 is 0 Å². The molecule has 2 nitrogen and oxygen atoms in total. The normalized spacial score (nSPS) is 12.0. The molecular formula is C43H21B5N2. The van der Waals surface area contributed by atoms with Crippen LogP contribution in [0.15, 0.2) is 127 Å². The van der Waals surface area contributed by atoms with E-state index in [1.165, 1.54) is 44.2 Å². The van der Waals surface area contributed by atoms with Gasteiger partial charge >= 0.3 is 0 Å². The summed E-state index contributed by atoms with van der Waals surface area (Å²) in [6, 6.07) is 45.1. The van der Waals surface area contributed by atoms with Gasteiger partial charge in [-0.25, -0.2) is 4.98 Å². The lowest BCUT2D eigenvalue weighted by molar-refractivity contribution is 1.13. The standard InChI is InChI=1S/C43H21B5N2/c44-37-36(38(45)40(47)41(48)39(37)46)43-49-32-18-7-8-19-33(32)50(43)42-30-14-5-3-12-26(30)35(27-13-4-6-15-31(27)42)29-21-20-28-23-11-2-1-10-22(23)24-16-9-17-25(29)34(24)28/h1-21H. The second-order valence-electron chi connectivity index (χ2n) is 13.0. The first-order valence-corrected chi connectivity index (χ1v) is 16.5. The maximum absolute atomic E-state index is 6.70. The zero-order chi connectivity index (χ0) is 33.8. The molecule has 1 aliphatic rings. The van der Waals surface area contributed by atoms with Crippen molar-refractivity contribution in [1.29, 1.82) is 0 Å². The molecule has 0 amide bonds. The molecule has 1 aliphatic carbocycles. The second kappa shape index (κ2) is 10.7. The van der Waals surface area contributed by atoms with Crippen LogP contribution in [0.4, 0.5) is 0 Å². The predicted molar refractivity (Wildman–Crippen MR) is 216 cm³/mol. The highest BCUT2D eigenvalue weighted by Gasteiger charge is 2.26. The molecule has 0 unspecified atom stereocenters. The van der Waals surface area contributed by atoms with Crippen LogP contribution in [0.25, 0.3) is 93.8 Å². The van der Waals surface area contributed by atoms with Crippen LogP contribution in [-0.4, -0.2) is 48.8 Å². The van der Waals surface area contributed by atoms with Gasteiger partial charge in [-0.15, -0.1) is 16.4 Å². The largest absolute Gasteiger partial charge is 0.291 e. The first-order valence-electron chi connectivity index (χ1n) is 16.5. The number of hydrogen-bond acceptors (Lipinski definition) is 1. The molecule has 0 spiro atoms. The van der Waals surface area contributed by atoms with E-state index in [9.17, 15) is 0 Å². The quantitative estimate of drug-likeness (QED) is 0.191. The Labute approximate surface area is 296 Å². The van der Waals surface area contributed by atoms with Crippen molar-refractivity contribution < 1.29 is 0 Å². The Morgan fingerprint density at radius 1 is 0.380 bits per heavy atom. The number of aromatic nitrogens is 2. The molecule has 7 heteroatoms. The number of fused-ring (bicyclic) bond motifs is 6. The molecule has 50 heavy (non-hydrogen) atoms. The van der Waals surface area contributed by atoms with Gasteiger partial charge < -0.3 is 0 Å². The predicted octanol–water partition coefficient (Wildman–Crippen LogP) is 5.44. The lowest BCUT2D eigenvalue weighted by Crippen LogP contribution is -2.55. The van der Waals surface area contributed by atoms with E-state index < -0.39 is 0 Å². The van der Waals surface area contributed by atoms with Crippen molar-refractivity contribution in [3.05, 3.63) is 127 Å². The van der Waals surface area contributed by atoms with Gasteiger partial charge in [0, 0.05) is 16.3 Å². The average molecular weight is 620 g/mol. The third-order valence-corrected chi connectivity index (χ3v) is 10.4. The monoisotopic (exact) mass is 620 g/mol. The minimum atomic E-state index is 0.167. The fraction of sp³-hybridized carbons (Fsp3) is 0. The van der Waals surface area contributed by atoms with Gasteiger partial charge in [-0.1, -0.05) is 126 Å². The highest BCUT2D eigenvalue weighted by molar-refractivity contribution is 6.68. The molecular weight excluding hydrogens is 599 g/mol. The summed E-state index contributed by atoms with van der Waals surface area (Å²) in [6.07, 6.45) is 0. The first kappa shape index (κ1) is 29.3. The molecule has 0 fully saturated rings. The van der Waals surface area contributed by atoms with E-state index in [0.717, 1.165) is 38.3 Å². The van der Waals surface area contributed by atoms with Gasteiger partial charge in [-0.05, 0) is 67.1 Å². The second-order valence-corrected chi connectivity index (χ2v) is 13.0. The Hall–Kier alpha value is -5.67. The van der Waals surface area contributed by atoms with Crippen molar-refractivity contribution in [2.45, 2.75) is 0 Å². The molecule has 0 saturated carbocycles. The van der Waals surface area contributed by atoms with Gasteiger partial charge in [0.15, 0.2) is 0 Å². The minimum absolute atomic E-state index is 0.167. The maximum atomic E-state index is 6.70. The summed E-state index contributed by atoms with van der Waals surface area (Å²) in [5.74, 6) is 0.533. The first-order chi connectivity index (χ1) is 24.4. The fourth-order valence-corrected chi connectivity index (χ4v) is 8.17. The molecule has 8 aromatic carbocycles. The van der Waals surface area contributed by atoms with Crippen molar-refractivity contribution in [3.63, 3.8) is 0 Å². The van der Waals surface area contributed by atoms with Crippen LogP contribution in [0.1, 0.15) is 0 Å². The number of hydrogen-bond donors (Lipinski definition) is 0. The lowest BCUT2D eigenvalue weighted by Gasteiger charge is -2.24. The van der Waals surface area contributed by atoms with Gasteiger partial charge in [0.1, 0.15) is 45.1 Å². The van der Waals surface area contributed by atoms with Crippen LogP contribution in [0.3, 0.4) is 0 Å². The fourth-order valence-electron chi connectivity index (χ4n) is 8.17. The van der Waals surface area contributed by atoms with E-state index in [1.807, 2.05) is 18.2 Å². The van der Waals surface area contributed by atoms with E-state index in [0.29, 0.717) is 11.4 Å². The number of benzene rings is 8. The van der Waals surface area contributed by atoms with Gasteiger partial charge in [0.2, 0.25) is 0 Å². The number of imidazole rings is 1. The Kier molecular flexibility index (Phi) is 6.24. The summed E-state index contributed by atoms with van der Waals surface area (Å²) in [5, 5.41) is 6.82. The SMILES string of the molecule is [B]c1c([B])c([B])c(-c2nc3ccccc3n2-c2c3ccccc3c(-c3ccc4c5c(cccc35)-c3ccccc3-4)c3ccccc23)c([B])c1[B]. The molecule has 0 aliphatic heterocycles. The van der Waals surface area contributed by atoms with Crippen molar-refractivity contribution in [1.82, 2.24) is 9.55 Å². The van der Waals surface area contributed by atoms with Crippen LogP contribution in [0, 0.1) is 0 Å². The van der Waals surface area contributed by atoms with Crippen LogP contribution in [0.5, 0.6) is 0 Å². The van der Waals surface area contributed by atoms with Crippen molar-refractivity contribution in [2.24, 2.45) is 0 Å².